The molecule has 5 nitrogen and oxygen atoms in total. The summed E-state index contributed by atoms with van der Waals surface area (Å²) in [5.74, 6) is -0.764. The van der Waals surface area contributed by atoms with E-state index in [9.17, 15) is 14.6 Å². The van der Waals surface area contributed by atoms with Crippen molar-refractivity contribution in [2.75, 3.05) is 0 Å². The van der Waals surface area contributed by atoms with Crippen LogP contribution in [0.3, 0.4) is 0 Å². The third kappa shape index (κ3) is 3.40. The van der Waals surface area contributed by atoms with Crippen molar-refractivity contribution in [3.05, 3.63) is 48.1 Å². The van der Waals surface area contributed by atoms with E-state index in [2.05, 4.69) is 11.3 Å². The average Bonchev–Trinajstić information content (AvgIpc) is 2.81. The number of para-hydroxylation sites is 1. The van der Waals surface area contributed by atoms with E-state index >= 15 is 0 Å². The maximum Gasteiger partial charge on any atom is 0.474 e. The van der Waals surface area contributed by atoms with Gasteiger partial charge in [-0.3, -0.25) is 0 Å². The zero-order valence-corrected chi connectivity index (χ0v) is 11.0. The van der Waals surface area contributed by atoms with Gasteiger partial charge in [-0.15, -0.1) is 4.72 Å². The second kappa shape index (κ2) is 6.27. The van der Waals surface area contributed by atoms with Gasteiger partial charge >= 0.3 is 7.12 Å². The highest BCUT2D eigenvalue weighted by Gasteiger charge is 2.28. The van der Waals surface area contributed by atoms with Crippen molar-refractivity contribution < 1.29 is 19.0 Å². The Morgan fingerprint density at radius 2 is 2.21 bits per heavy atom. The summed E-state index contributed by atoms with van der Waals surface area (Å²) in [5.41, 5.74) is 1.55. The third-order valence-electron chi connectivity index (χ3n) is 2.78. The van der Waals surface area contributed by atoms with Crippen LogP contribution in [0.5, 0.6) is 0 Å². The minimum absolute atomic E-state index is 0.286. The molecule has 100 valence electrons. The maximum absolute atomic E-state index is 11.4. The highest BCUT2D eigenvalue weighted by molar-refractivity contribution is 7.92. The number of rotatable bonds is 6. The fraction of sp³-hybridized carbons (Fsp3) is 0.167. The Labute approximate surface area is 114 Å². The van der Waals surface area contributed by atoms with E-state index in [4.69, 9.17) is 4.42 Å². The summed E-state index contributed by atoms with van der Waals surface area (Å²) in [5, 5.41) is 20.7. The summed E-state index contributed by atoms with van der Waals surface area (Å²) in [6, 6.07) is 7.46. The first-order valence-corrected chi connectivity index (χ1v) is 6.93. The molecule has 2 atom stereocenters. The van der Waals surface area contributed by atoms with Gasteiger partial charge in [0.1, 0.15) is 11.0 Å². The predicted molar refractivity (Wildman–Crippen MR) is 75.4 cm³/mol. The molecule has 0 aliphatic rings. The smallest absolute Gasteiger partial charge is 0.474 e. The zero-order chi connectivity index (χ0) is 13.8. The molecule has 2 aromatic rings. The molecule has 1 aromatic heterocycles. The van der Waals surface area contributed by atoms with Gasteiger partial charge in [0.2, 0.25) is 0 Å². The SMILES string of the molecule is C=C[S+]([O-])NC(Cc1coc2ccccc12)B(O)O. The molecule has 0 saturated heterocycles. The highest BCUT2D eigenvalue weighted by Crippen LogP contribution is 2.22. The van der Waals surface area contributed by atoms with Gasteiger partial charge in [-0.25, -0.2) is 0 Å². The standard InChI is InChI=1S/C12H14BNO4S/c1-2-19(17)14-12(13(15)16)7-9-8-18-11-6-4-3-5-10(9)11/h2-6,8,12,14-16H,1,7H2. The molecule has 0 fully saturated rings. The third-order valence-corrected chi connectivity index (χ3v) is 3.62. The number of hydrogen-bond acceptors (Lipinski definition) is 5. The van der Waals surface area contributed by atoms with Crippen molar-refractivity contribution in [1.29, 1.82) is 0 Å². The van der Waals surface area contributed by atoms with Crippen LogP contribution in [0.25, 0.3) is 11.0 Å². The van der Waals surface area contributed by atoms with Crippen LogP contribution >= 0.6 is 0 Å². The summed E-state index contributed by atoms with van der Waals surface area (Å²) in [6.07, 6.45) is 1.85. The Hall–Kier alpha value is -1.25. The van der Waals surface area contributed by atoms with E-state index in [-0.39, 0.29) is 6.42 Å². The topological polar surface area (TPSA) is 88.7 Å². The van der Waals surface area contributed by atoms with Crippen molar-refractivity contribution in [3.63, 3.8) is 0 Å². The molecule has 19 heavy (non-hydrogen) atoms. The number of furan rings is 1. The molecule has 0 spiro atoms. The van der Waals surface area contributed by atoms with E-state index in [1.165, 1.54) is 5.41 Å². The van der Waals surface area contributed by atoms with Gasteiger partial charge in [0.25, 0.3) is 0 Å². The molecule has 0 radical (unpaired) electrons. The monoisotopic (exact) mass is 279 g/mol. The van der Waals surface area contributed by atoms with Gasteiger partial charge in [0.05, 0.1) is 23.6 Å². The molecular formula is C12H14BNO4S. The summed E-state index contributed by atoms with van der Waals surface area (Å²) in [4.78, 5) is 0. The lowest BCUT2D eigenvalue weighted by molar-refractivity contribution is 0.379. The number of hydrogen-bond donors (Lipinski definition) is 3. The van der Waals surface area contributed by atoms with Crippen molar-refractivity contribution in [1.82, 2.24) is 4.72 Å². The second-order valence-corrected chi connectivity index (χ2v) is 5.23. The minimum atomic E-state index is -1.63. The molecule has 7 heteroatoms. The Morgan fingerprint density at radius 3 is 2.89 bits per heavy atom. The molecular weight excluding hydrogens is 265 g/mol. The van der Waals surface area contributed by atoms with Crippen LogP contribution in [0.1, 0.15) is 5.56 Å². The zero-order valence-electron chi connectivity index (χ0n) is 10.2. The summed E-state index contributed by atoms with van der Waals surface area (Å²) in [6.45, 7) is 3.38. The van der Waals surface area contributed by atoms with Gasteiger partial charge in [-0.05, 0) is 24.6 Å². The quantitative estimate of drug-likeness (QED) is 0.536. The van der Waals surface area contributed by atoms with Crippen LogP contribution in [0.4, 0.5) is 0 Å². The maximum atomic E-state index is 11.4. The number of fused-ring (bicyclic) bond motifs is 1. The second-order valence-electron chi connectivity index (χ2n) is 4.06. The Bertz CT molecular complexity index is 559. The van der Waals surface area contributed by atoms with Crippen molar-refractivity contribution >= 4 is 29.4 Å². The van der Waals surface area contributed by atoms with Crippen LogP contribution in [0, 0.1) is 0 Å². The first-order chi connectivity index (χ1) is 9.11. The van der Waals surface area contributed by atoms with Crippen LogP contribution < -0.4 is 4.72 Å². The largest absolute Gasteiger partial charge is 0.593 e. The van der Waals surface area contributed by atoms with Gasteiger partial charge in [-0.1, -0.05) is 18.2 Å². The molecule has 0 bridgehead atoms. The Kier molecular flexibility index (Phi) is 4.68. The van der Waals surface area contributed by atoms with Crippen LogP contribution in [0.15, 0.2) is 46.9 Å². The van der Waals surface area contributed by atoms with Gasteiger partial charge < -0.3 is 19.0 Å². The lowest BCUT2D eigenvalue weighted by Gasteiger charge is -2.16. The minimum Gasteiger partial charge on any atom is -0.593 e. The Morgan fingerprint density at radius 1 is 1.47 bits per heavy atom. The molecule has 3 N–H and O–H groups in total. The van der Waals surface area contributed by atoms with Gasteiger partial charge in [-0.2, -0.15) is 0 Å². The lowest BCUT2D eigenvalue weighted by Crippen LogP contribution is -2.47. The van der Waals surface area contributed by atoms with Crippen LogP contribution in [-0.2, 0) is 17.8 Å². The average molecular weight is 279 g/mol. The molecule has 1 aromatic carbocycles. The normalized spacial score (nSPS) is 14.3. The van der Waals surface area contributed by atoms with Crippen molar-refractivity contribution in [2.45, 2.75) is 12.4 Å². The summed E-state index contributed by atoms with van der Waals surface area (Å²) < 4.78 is 19.3. The highest BCUT2D eigenvalue weighted by atomic mass is 32.2. The molecule has 0 amide bonds. The molecule has 2 rings (SSSR count). The van der Waals surface area contributed by atoms with Crippen LogP contribution in [-0.4, -0.2) is 27.7 Å². The van der Waals surface area contributed by atoms with Gasteiger partial charge in [0, 0.05) is 5.39 Å². The van der Waals surface area contributed by atoms with Crippen molar-refractivity contribution in [3.8, 4) is 0 Å². The number of benzene rings is 1. The lowest BCUT2D eigenvalue weighted by atomic mass is 9.77. The molecule has 1 heterocycles. The molecule has 0 aliphatic heterocycles. The first-order valence-electron chi connectivity index (χ1n) is 5.72. The van der Waals surface area contributed by atoms with Crippen LogP contribution in [0.2, 0.25) is 0 Å². The Balaban J connectivity index is 2.19. The summed E-state index contributed by atoms with van der Waals surface area (Å²) in [7, 11) is -1.63. The fourth-order valence-electron chi connectivity index (χ4n) is 1.83. The van der Waals surface area contributed by atoms with Crippen molar-refractivity contribution in [2.24, 2.45) is 0 Å². The van der Waals surface area contributed by atoms with E-state index in [0.29, 0.717) is 0 Å². The molecule has 0 aliphatic carbocycles. The van der Waals surface area contributed by atoms with E-state index in [0.717, 1.165) is 16.5 Å². The predicted octanol–water partition coefficient (Wildman–Crippen LogP) is 0.753. The molecule has 0 saturated carbocycles. The fourth-order valence-corrected chi connectivity index (χ4v) is 2.43. The number of nitrogens with one attached hydrogen (secondary N) is 1. The first kappa shape index (κ1) is 14.2. The van der Waals surface area contributed by atoms with E-state index < -0.39 is 24.4 Å². The van der Waals surface area contributed by atoms with E-state index in [1.54, 1.807) is 6.26 Å². The van der Waals surface area contributed by atoms with E-state index in [1.807, 2.05) is 24.3 Å². The summed E-state index contributed by atoms with van der Waals surface area (Å²) >= 11 is -1.51. The molecule has 2 unspecified atom stereocenters. The van der Waals surface area contributed by atoms with Gasteiger partial charge in [0.15, 0.2) is 0 Å².